The quantitative estimate of drug-likeness (QED) is 0.648. The zero-order valence-corrected chi connectivity index (χ0v) is 12.4. The van der Waals surface area contributed by atoms with Crippen molar-refractivity contribution in [2.45, 2.75) is 44.2 Å². The first kappa shape index (κ1) is 15.1. The summed E-state index contributed by atoms with van der Waals surface area (Å²) in [4.78, 5) is 0. The average Bonchev–Trinajstić information content (AvgIpc) is 2.43. The highest BCUT2D eigenvalue weighted by Crippen LogP contribution is 2.27. The molecule has 5 heteroatoms. The summed E-state index contributed by atoms with van der Waals surface area (Å²) in [6, 6.07) is 5.69. The molecule has 0 radical (unpaired) electrons. The maximum absolute atomic E-state index is 6.19. The van der Waals surface area contributed by atoms with Gasteiger partial charge in [-0.1, -0.05) is 29.3 Å². The van der Waals surface area contributed by atoms with Gasteiger partial charge in [-0.15, -0.1) is 0 Å². The highest BCUT2D eigenvalue weighted by atomic mass is 35.5. The van der Waals surface area contributed by atoms with E-state index in [0.717, 1.165) is 37.9 Å². The minimum absolute atomic E-state index is 0.125. The highest BCUT2D eigenvalue weighted by Gasteiger charge is 2.20. The van der Waals surface area contributed by atoms with Crippen LogP contribution in [0.4, 0.5) is 0 Å². The molecule has 0 bridgehead atoms. The first-order chi connectivity index (χ1) is 9.20. The molecule has 19 heavy (non-hydrogen) atoms. The Labute approximate surface area is 124 Å². The Hall–Kier alpha value is -0.320. The van der Waals surface area contributed by atoms with Gasteiger partial charge in [0.2, 0.25) is 0 Å². The number of rotatable bonds is 5. The van der Waals surface area contributed by atoms with Crippen molar-refractivity contribution in [3.05, 3.63) is 33.8 Å². The second-order valence-corrected chi connectivity index (χ2v) is 5.81. The van der Waals surface area contributed by atoms with Crippen LogP contribution in [0.3, 0.4) is 0 Å². The second kappa shape index (κ2) is 7.46. The van der Waals surface area contributed by atoms with Gasteiger partial charge in [0.05, 0.1) is 6.10 Å². The predicted molar refractivity (Wildman–Crippen MR) is 79.5 cm³/mol. The Bertz CT molecular complexity index is 388. The fourth-order valence-corrected chi connectivity index (χ4v) is 3.05. The molecule has 1 aromatic rings. The van der Waals surface area contributed by atoms with Crippen LogP contribution in [0.15, 0.2) is 18.2 Å². The van der Waals surface area contributed by atoms with Crippen molar-refractivity contribution in [1.82, 2.24) is 5.43 Å². The number of nitrogens with one attached hydrogen (secondary N) is 1. The number of benzene rings is 1. The van der Waals surface area contributed by atoms with E-state index in [2.05, 4.69) is 5.43 Å². The van der Waals surface area contributed by atoms with Crippen LogP contribution in [0.1, 0.15) is 31.2 Å². The van der Waals surface area contributed by atoms with Gasteiger partial charge in [-0.3, -0.25) is 11.3 Å². The molecule has 0 spiro atoms. The van der Waals surface area contributed by atoms with Crippen LogP contribution in [0.25, 0.3) is 0 Å². The summed E-state index contributed by atoms with van der Waals surface area (Å²) in [5.74, 6) is 5.65. The standard InChI is InChI=1S/C14H20Cl2N2O/c15-13-5-3-6-14(16)12(13)9-10(18-17)8-11-4-1-2-7-19-11/h3,5-6,10-11,18H,1-2,4,7-9,17H2. The Morgan fingerprint density at radius 1 is 1.32 bits per heavy atom. The Morgan fingerprint density at radius 2 is 2.05 bits per heavy atom. The fraction of sp³-hybridized carbons (Fsp3) is 0.571. The molecule has 1 aliphatic rings. The number of hydrogen-bond donors (Lipinski definition) is 2. The molecule has 3 nitrogen and oxygen atoms in total. The Balaban J connectivity index is 1.98. The van der Waals surface area contributed by atoms with E-state index in [1.54, 1.807) is 0 Å². The van der Waals surface area contributed by atoms with Gasteiger partial charge in [0.25, 0.3) is 0 Å². The van der Waals surface area contributed by atoms with E-state index in [-0.39, 0.29) is 12.1 Å². The van der Waals surface area contributed by atoms with E-state index in [0.29, 0.717) is 10.0 Å². The van der Waals surface area contributed by atoms with Crippen LogP contribution in [0.5, 0.6) is 0 Å². The first-order valence-electron chi connectivity index (χ1n) is 6.71. The molecule has 2 rings (SSSR count). The molecule has 106 valence electrons. The van der Waals surface area contributed by atoms with Crippen LogP contribution >= 0.6 is 23.2 Å². The normalized spacial score (nSPS) is 21.3. The van der Waals surface area contributed by atoms with Crippen molar-refractivity contribution in [2.24, 2.45) is 5.84 Å². The minimum Gasteiger partial charge on any atom is -0.378 e. The fourth-order valence-electron chi connectivity index (χ4n) is 2.49. The molecule has 2 unspecified atom stereocenters. The van der Waals surface area contributed by atoms with Crippen molar-refractivity contribution in [3.8, 4) is 0 Å². The Morgan fingerprint density at radius 3 is 2.63 bits per heavy atom. The molecule has 0 saturated carbocycles. The average molecular weight is 303 g/mol. The van der Waals surface area contributed by atoms with Crippen LogP contribution < -0.4 is 11.3 Å². The van der Waals surface area contributed by atoms with Crippen LogP contribution in [-0.4, -0.2) is 18.8 Å². The lowest BCUT2D eigenvalue weighted by Crippen LogP contribution is -2.40. The molecule has 3 N–H and O–H groups in total. The van der Waals surface area contributed by atoms with E-state index in [4.69, 9.17) is 33.8 Å². The minimum atomic E-state index is 0.125. The summed E-state index contributed by atoms with van der Waals surface area (Å²) in [7, 11) is 0. The first-order valence-corrected chi connectivity index (χ1v) is 7.47. The van der Waals surface area contributed by atoms with Gasteiger partial charge in [-0.05, 0) is 49.8 Å². The molecule has 0 aromatic heterocycles. The van der Waals surface area contributed by atoms with Gasteiger partial charge >= 0.3 is 0 Å². The lowest BCUT2D eigenvalue weighted by molar-refractivity contribution is 0.00524. The predicted octanol–water partition coefficient (Wildman–Crippen LogP) is 3.33. The molecular weight excluding hydrogens is 283 g/mol. The van der Waals surface area contributed by atoms with E-state index >= 15 is 0 Å². The van der Waals surface area contributed by atoms with Gasteiger partial charge in [-0.2, -0.15) is 0 Å². The highest BCUT2D eigenvalue weighted by molar-refractivity contribution is 6.35. The maximum Gasteiger partial charge on any atom is 0.0590 e. The number of hydrazine groups is 1. The molecule has 1 aliphatic heterocycles. The van der Waals surface area contributed by atoms with E-state index in [1.165, 1.54) is 6.42 Å². The van der Waals surface area contributed by atoms with Crippen LogP contribution in [0.2, 0.25) is 10.0 Å². The van der Waals surface area contributed by atoms with Gasteiger partial charge in [-0.25, -0.2) is 0 Å². The van der Waals surface area contributed by atoms with Crippen molar-refractivity contribution < 1.29 is 4.74 Å². The van der Waals surface area contributed by atoms with Crippen molar-refractivity contribution in [1.29, 1.82) is 0 Å². The summed E-state index contributed by atoms with van der Waals surface area (Å²) in [5.41, 5.74) is 3.80. The van der Waals surface area contributed by atoms with Gasteiger partial charge < -0.3 is 4.74 Å². The lowest BCUT2D eigenvalue weighted by Gasteiger charge is -2.27. The molecule has 1 aromatic carbocycles. The molecule has 2 atom stereocenters. The summed E-state index contributed by atoms with van der Waals surface area (Å²) >= 11 is 12.4. The SMILES string of the molecule is NNC(Cc1c(Cl)cccc1Cl)CC1CCCCO1. The monoisotopic (exact) mass is 302 g/mol. The molecule has 0 aliphatic carbocycles. The van der Waals surface area contributed by atoms with E-state index < -0.39 is 0 Å². The van der Waals surface area contributed by atoms with E-state index in [1.807, 2.05) is 18.2 Å². The molecule has 1 fully saturated rings. The maximum atomic E-state index is 6.19. The topological polar surface area (TPSA) is 47.3 Å². The largest absolute Gasteiger partial charge is 0.378 e. The van der Waals surface area contributed by atoms with Gasteiger partial charge in [0.1, 0.15) is 0 Å². The van der Waals surface area contributed by atoms with Crippen molar-refractivity contribution in [3.63, 3.8) is 0 Å². The number of halogens is 2. The number of ether oxygens (including phenoxy) is 1. The third-order valence-corrected chi connectivity index (χ3v) is 4.28. The van der Waals surface area contributed by atoms with E-state index in [9.17, 15) is 0 Å². The van der Waals surface area contributed by atoms with Crippen LogP contribution in [0, 0.1) is 0 Å². The van der Waals surface area contributed by atoms with Gasteiger partial charge in [0, 0.05) is 22.7 Å². The number of hydrogen-bond acceptors (Lipinski definition) is 3. The van der Waals surface area contributed by atoms with Crippen LogP contribution in [-0.2, 0) is 11.2 Å². The lowest BCUT2D eigenvalue weighted by atomic mass is 9.97. The van der Waals surface area contributed by atoms with Crippen molar-refractivity contribution >= 4 is 23.2 Å². The molecular formula is C14H20Cl2N2O. The summed E-state index contributed by atoms with van der Waals surface area (Å²) in [5, 5.41) is 1.38. The molecule has 1 heterocycles. The third kappa shape index (κ3) is 4.33. The number of nitrogens with two attached hydrogens (primary N) is 1. The zero-order chi connectivity index (χ0) is 13.7. The van der Waals surface area contributed by atoms with Gasteiger partial charge in [0.15, 0.2) is 0 Å². The Kier molecular flexibility index (Phi) is 5.92. The van der Waals surface area contributed by atoms with Crippen molar-refractivity contribution in [2.75, 3.05) is 6.61 Å². The third-order valence-electron chi connectivity index (χ3n) is 3.57. The smallest absolute Gasteiger partial charge is 0.0590 e. The zero-order valence-electron chi connectivity index (χ0n) is 10.9. The summed E-state index contributed by atoms with van der Waals surface area (Å²) < 4.78 is 5.75. The molecule has 0 amide bonds. The second-order valence-electron chi connectivity index (χ2n) is 4.99. The summed E-state index contributed by atoms with van der Waals surface area (Å²) in [6.07, 6.45) is 5.39. The summed E-state index contributed by atoms with van der Waals surface area (Å²) in [6.45, 7) is 0.856. The molecule has 1 saturated heterocycles.